The first kappa shape index (κ1) is 18.0. The van der Waals surface area contributed by atoms with Gasteiger partial charge in [0.15, 0.2) is 0 Å². The second-order valence-corrected chi connectivity index (χ2v) is 6.98. The number of nitrogens with zero attached hydrogens (tertiary/aromatic N) is 1. The molecule has 3 heteroatoms. The van der Waals surface area contributed by atoms with Crippen molar-refractivity contribution < 1.29 is 4.74 Å². The molecule has 0 spiro atoms. The number of hydrogen-bond acceptors (Lipinski definition) is 3. The zero-order valence-electron chi connectivity index (χ0n) is 15.4. The van der Waals surface area contributed by atoms with Gasteiger partial charge >= 0.3 is 0 Å². The number of benzene rings is 2. The van der Waals surface area contributed by atoms with Gasteiger partial charge in [-0.1, -0.05) is 49.4 Å². The van der Waals surface area contributed by atoms with Crippen LogP contribution >= 0.6 is 0 Å². The van der Waals surface area contributed by atoms with Gasteiger partial charge in [-0.05, 0) is 55.6 Å². The molecule has 1 fully saturated rings. The average Bonchev–Trinajstić information content (AvgIpc) is 3.49. The first-order valence-electron chi connectivity index (χ1n) is 9.44. The van der Waals surface area contributed by atoms with Crippen molar-refractivity contribution in [3.05, 3.63) is 65.7 Å². The van der Waals surface area contributed by atoms with Crippen LogP contribution in [0.25, 0.3) is 0 Å². The van der Waals surface area contributed by atoms with E-state index in [1.165, 1.54) is 30.5 Å². The lowest BCUT2D eigenvalue weighted by Crippen LogP contribution is -2.35. The zero-order chi connectivity index (χ0) is 17.5. The highest BCUT2D eigenvalue weighted by Gasteiger charge is 2.25. The lowest BCUT2D eigenvalue weighted by atomic mass is 10.1. The maximum Gasteiger partial charge on any atom is 0.119 e. The molecular weight excluding hydrogens is 308 g/mol. The van der Waals surface area contributed by atoms with Gasteiger partial charge in [0.25, 0.3) is 0 Å². The van der Waals surface area contributed by atoms with Crippen LogP contribution in [0.5, 0.6) is 5.75 Å². The number of likely N-dealkylation sites (N-methyl/N-ethyl adjacent to an activating group) is 2. The molecule has 3 nitrogen and oxygen atoms in total. The maximum atomic E-state index is 5.89. The van der Waals surface area contributed by atoms with Crippen molar-refractivity contribution in [2.24, 2.45) is 5.92 Å². The van der Waals surface area contributed by atoms with E-state index >= 15 is 0 Å². The summed E-state index contributed by atoms with van der Waals surface area (Å²) in [4.78, 5) is 2.57. The Balaban J connectivity index is 1.55. The Kier molecular flexibility index (Phi) is 6.48. The minimum Gasteiger partial charge on any atom is -0.489 e. The van der Waals surface area contributed by atoms with Gasteiger partial charge in [0.2, 0.25) is 0 Å². The molecule has 2 aromatic rings. The summed E-state index contributed by atoms with van der Waals surface area (Å²) >= 11 is 0. The van der Waals surface area contributed by atoms with Gasteiger partial charge in [-0.25, -0.2) is 0 Å². The molecule has 25 heavy (non-hydrogen) atoms. The second kappa shape index (κ2) is 9.02. The van der Waals surface area contributed by atoms with E-state index in [0.717, 1.165) is 24.8 Å². The lowest BCUT2D eigenvalue weighted by Gasteiger charge is -2.26. The summed E-state index contributed by atoms with van der Waals surface area (Å²) in [6, 6.07) is 19.2. The fourth-order valence-corrected chi connectivity index (χ4v) is 3.16. The summed E-state index contributed by atoms with van der Waals surface area (Å²) in [6.07, 6.45) is 2.82. The maximum absolute atomic E-state index is 5.89. The Morgan fingerprint density at radius 1 is 1.08 bits per heavy atom. The summed E-state index contributed by atoms with van der Waals surface area (Å²) < 4.78 is 5.89. The van der Waals surface area contributed by atoms with E-state index in [4.69, 9.17) is 4.74 Å². The Hall–Kier alpha value is -1.84. The zero-order valence-corrected chi connectivity index (χ0v) is 15.4. The number of hydrogen-bond donors (Lipinski definition) is 1. The summed E-state index contributed by atoms with van der Waals surface area (Å²) in [5.41, 5.74) is 2.52. The minimum absolute atomic E-state index is 0.363. The SMILES string of the molecule is CCN(CC1CC1)CC(NC)c1ccc(OCc2ccccc2)cc1. The molecule has 0 aliphatic heterocycles. The molecule has 0 heterocycles. The van der Waals surface area contributed by atoms with E-state index in [9.17, 15) is 0 Å². The molecule has 0 saturated heterocycles. The summed E-state index contributed by atoms with van der Waals surface area (Å²) in [7, 11) is 2.05. The molecule has 1 N–H and O–H groups in total. The van der Waals surface area contributed by atoms with Gasteiger partial charge in [0, 0.05) is 19.1 Å². The molecule has 2 aromatic carbocycles. The molecule has 0 amide bonds. The summed E-state index contributed by atoms with van der Waals surface area (Å²) in [5, 5.41) is 3.47. The third-order valence-corrected chi connectivity index (χ3v) is 4.98. The summed E-state index contributed by atoms with van der Waals surface area (Å²) in [5.74, 6) is 1.86. The van der Waals surface area contributed by atoms with Crippen LogP contribution < -0.4 is 10.1 Å². The molecular formula is C22H30N2O. The van der Waals surface area contributed by atoms with Crippen molar-refractivity contribution in [2.75, 3.05) is 26.7 Å². The Labute approximate surface area is 152 Å². The standard InChI is InChI=1S/C22H30N2O/c1-3-24(15-18-9-10-18)16-22(23-2)20-11-13-21(14-12-20)25-17-19-7-5-4-6-8-19/h4-8,11-14,18,22-23H,3,9-10,15-17H2,1-2H3. The fraction of sp³-hybridized carbons (Fsp3) is 0.455. The largest absolute Gasteiger partial charge is 0.489 e. The molecule has 1 aliphatic carbocycles. The molecule has 3 rings (SSSR count). The second-order valence-electron chi connectivity index (χ2n) is 6.98. The molecule has 1 atom stereocenters. The minimum atomic E-state index is 0.363. The highest BCUT2D eigenvalue weighted by Crippen LogP contribution is 2.30. The van der Waals surface area contributed by atoms with Crippen molar-refractivity contribution >= 4 is 0 Å². The van der Waals surface area contributed by atoms with Crippen LogP contribution in [0.1, 0.15) is 36.9 Å². The van der Waals surface area contributed by atoms with Crippen LogP contribution in [0.4, 0.5) is 0 Å². The molecule has 1 saturated carbocycles. The van der Waals surface area contributed by atoms with E-state index in [2.05, 4.69) is 60.6 Å². The topological polar surface area (TPSA) is 24.5 Å². The molecule has 1 aliphatic rings. The number of nitrogens with one attached hydrogen (secondary N) is 1. The molecule has 134 valence electrons. The number of rotatable bonds is 10. The third kappa shape index (κ3) is 5.58. The van der Waals surface area contributed by atoms with Crippen molar-refractivity contribution in [1.29, 1.82) is 0 Å². The van der Waals surface area contributed by atoms with E-state index < -0.39 is 0 Å². The molecule has 0 aromatic heterocycles. The van der Waals surface area contributed by atoms with Crippen LogP contribution in [0.15, 0.2) is 54.6 Å². The summed E-state index contributed by atoms with van der Waals surface area (Å²) in [6.45, 7) is 6.30. The van der Waals surface area contributed by atoms with Gasteiger partial charge in [0.05, 0.1) is 0 Å². The van der Waals surface area contributed by atoms with Crippen molar-refractivity contribution in [1.82, 2.24) is 10.2 Å². The van der Waals surface area contributed by atoms with Crippen LogP contribution in [0.2, 0.25) is 0 Å². The normalized spacial score (nSPS) is 15.3. The van der Waals surface area contributed by atoms with Gasteiger partial charge in [0.1, 0.15) is 12.4 Å². The van der Waals surface area contributed by atoms with Crippen LogP contribution in [-0.2, 0) is 6.61 Å². The molecule has 0 radical (unpaired) electrons. The lowest BCUT2D eigenvalue weighted by molar-refractivity contribution is 0.248. The highest BCUT2D eigenvalue weighted by atomic mass is 16.5. The predicted octanol–water partition coefficient (Wildman–Crippen LogP) is 4.26. The van der Waals surface area contributed by atoms with Crippen molar-refractivity contribution in [3.63, 3.8) is 0 Å². The molecule has 0 bridgehead atoms. The molecule has 1 unspecified atom stereocenters. The van der Waals surface area contributed by atoms with E-state index in [1.807, 2.05) is 18.2 Å². The Morgan fingerprint density at radius 2 is 1.80 bits per heavy atom. The average molecular weight is 338 g/mol. The van der Waals surface area contributed by atoms with Crippen molar-refractivity contribution in [2.45, 2.75) is 32.4 Å². The van der Waals surface area contributed by atoms with Gasteiger partial charge < -0.3 is 15.0 Å². The van der Waals surface area contributed by atoms with Gasteiger partial charge in [-0.2, -0.15) is 0 Å². The smallest absolute Gasteiger partial charge is 0.119 e. The predicted molar refractivity (Wildman–Crippen MR) is 104 cm³/mol. The van der Waals surface area contributed by atoms with Crippen LogP contribution in [-0.4, -0.2) is 31.6 Å². The highest BCUT2D eigenvalue weighted by molar-refractivity contribution is 5.30. The van der Waals surface area contributed by atoms with Crippen LogP contribution in [0.3, 0.4) is 0 Å². The quantitative estimate of drug-likeness (QED) is 0.700. The fourth-order valence-electron chi connectivity index (χ4n) is 3.16. The van der Waals surface area contributed by atoms with Crippen molar-refractivity contribution in [3.8, 4) is 5.75 Å². The van der Waals surface area contributed by atoms with E-state index in [0.29, 0.717) is 12.6 Å². The van der Waals surface area contributed by atoms with Gasteiger partial charge in [-0.3, -0.25) is 0 Å². The Bertz CT molecular complexity index is 622. The van der Waals surface area contributed by atoms with E-state index in [1.54, 1.807) is 0 Å². The first-order chi connectivity index (χ1) is 12.3. The Morgan fingerprint density at radius 3 is 2.40 bits per heavy atom. The van der Waals surface area contributed by atoms with Crippen LogP contribution in [0, 0.1) is 5.92 Å². The number of ether oxygens (including phenoxy) is 1. The van der Waals surface area contributed by atoms with E-state index in [-0.39, 0.29) is 0 Å². The monoisotopic (exact) mass is 338 g/mol. The first-order valence-corrected chi connectivity index (χ1v) is 9.44. The third-order valence-electron chi connectivity index (χ3n) is 4.98. The van der Waals surface area contributed by atoms with Gasteiger partial charge in [-0.15, -0.1) is 0 Å².